The highest BCUT2D eigenvalue weighted by Crippen LogP contribution is 2.14. The Bertz CT molecular complexity index is 91.4. The van der Waals surface area contributed by atoms with Gasteiger partial charge in [0.15, 0.2) is 0 Å². The average molecular weight is 113 g/mol. The summed E-state index contributed by atoms with van der Waals surface area (Å²) in [4.78, 5) is 0. The zero-order valence-electron chi connectivity index (χ0n) is 5.99. The molecule has 0 heterocycles. The van der Waals surface area contributed by atoms with E-state index >= 15 is 0 Å². The molecule has 0 rings (SSSR count). The van der Waals surface area contributed by atoms with Crippen molar-refractivity contribution in [1.29, 1.82) is 0 Å². The predicted octanol–water partition coefficient (Wildman–Crippen LogP) is 1.30. The van der Waals surface area contributed by atoms with Crippen molar-refractivity contribution in [3.05, 3.63) is 11.8 Å². The Labute approximate surface area is 51.0 Å². The topological polar surface area (TPSA) is 23.1 Å². The summed E-state index contributed by atoms with van der Waals surface area (Å²) in [7, 11) is 0. The molecule has 0 N–H and O–H groups in total. The molecule has 0 radical (unpaired) electrons. The molecule has 0 aromatic heterocycles. The molecule has 0 atom stereocenters. The van der Waals surface area contributed by atoms with E-state index in [1.807, 2.05) is 20.8 Å². The molecule has 0 saturated heterocycles. The van der Waals surface area contributed by atoms with Gasteiger partial charge in [-0.3, -0.25) is 0 Å². The summed E-state index contributed by atoms with van der Waals surface area (Å²) in [5.74, 6) is 0.150. The molecule has 1 heteroatoms. The molecular weight excluding hydrogens is 100 g/mol. The van der Waals surface area contributed by atoms with Gasteiger partial charge in [-0.05, 0) is 5.41 Å². The van der Waals surface area contributed by atoms with Crippen LogP contribution in [0.4, 0.5) is 0 Å². The molecule has 8 heavy (non-hydrogen) atoms. The Kier molecular flexibility index (Phi) is 2.08. The zero-order valence-corrected chi connectivity index (χ0v) is 5.99. The van der Waals surface area contributed by atoms with Gasteiger partial charge < -0.3 is 5.11 Å². The number of allylic oxidation sites excluding steroid dienone is 2. The highest BCUT2D eigenvalue weighted by atomic mass is 16.3. The molecule has 0 bridgehead atoms. The van der Waals surface area contributed by atoms with Crippen LogP contribution in [0.25, 0.3) is 0 Å². The first kappa shape index (κ1) is 7.54. The van der Waals surface area contributed by atoms with Crippen molar-refractivity contribution >= 4 is 0 Å². The molecule has 0 fully saturated rings. The quantitative estimate of drug-likeness (QED) is 0.434. The molecule has 0 aliphatic carbocycles. The molecule has 48 valence electrons. The highest BCUT2D eigenvalue weighted by molar-refractivity contribution is 4.93. The summed E-state index contributed by atoms with van der Waals surface area (Å²) in [6.45, 7) is 7.60. The lowest BCUT2D eigenvalue weighted by Crippen LogP contribution is -2.06. The molecule has 0 aromatic carbocycles. The lowest BCUT2D eigenvalue weighted by atomic mass is 9.96. The van der Waals surface area contributed by atoms with Crippen LogP contribution in [0.1, 0.15) is 27.7 Å². The van der Waals surface area contributed by atoms with Gasteiger partial charge >= 0.3 is 0 Å². The second-order valence-corrected chi connectivity index (χ2v) is 3.12. The van der Waals surface area contributed by atoms with Gasteiger partial charge in [-0.2, -0.15) is 0 Å². The largest absolute Gasteiger partial charge is 0.876 e. The zero-order chi connectivity index (χ0) is 6.78. The molecular formula is C7H13O-. The second kappa shape index (κ2) is 2.21. The minimum Gasteiger partial charge on any atom is -0.876 e. The van der Waals surface area contributed by atoms with Crippen LogP contribution in [0.3, 0.4) is 0 Å². The van der Waals surface area contributed by atoms with E-state index in [-0.39, 0.29) is 11.2 Å². The smallest absolute Gasteiger partial charge is 0.0209 e. The van der Waals surface area contributed by atoms with Gasteiger partial charge in [-0.15, -0.1) is 5.76 Å². The Morgan fingerprint density at radius 3 is 1.75 bits per heavy atom. The molecule has 0 unspecified atom stereocenters. The average Bonchev–Trinajstić information content (AvgIpc) is 1.21. The minimum absolute atomic E-state index is 0.0475. The van der Waals surface area contributed by atoms with Crippen molar-refractivity contribution in [3.8, 4) is 0 Å². The summed E-state index contributed by atoms with van der Waals surface area (Å²) in [6, 6.07) is 0. The van der Waals surface area contributed by atoms with Gasteiger partial charge in [-0.25, -0.2) is 0 Å². The number of hydrogen-bond acceptors (Lipinski definition) is 1. The second-order valence-electron chi connectivity index (χ2n) is 3.12. The molecule has 0 amide bonds. The van der Waals surface area contributed by atoms with Crippen molar-refractivity contribution in [2.75, 3.05) is 0 Å². The fraction of sp³-hybridized carbons (Fsp3) is 0.714. The maximum Gasteiger partial charge on any atom is -0.0209 e. The predicted molar refractivity (Wildman–Crippen MR) is 33.2 cm³/mol. The van der Waals surface area contributed by atoms with E-state index < -0.39 is 0 Å². The summed E-state index contributed by atoms with van der Waals surface area (Å²) in [6.07, 6.45) is 1.72. The van der Waals surface area contributed by atoms with Crippen LogP contribution in [0, 0.1) is 5.41 Å². The third kappa shape index (κ3) is 5.54. The number of hydrogen-bond donors (Lipinski definition) is 0. The van der Waals surface area contributed by atoms with E-state index in [1.165, 1.54) is 0 Å². The third-order valence-electron chi connectivity index (χ3n) is 0.636. The van der Waals surface area contributed by atoms with Crippen molar-refractivity contribution in [1.82, 2.24) is 0 Å². The molecule has 0 saturated carbocycles. The Balaban J connectivity index is 3.89. The SMILES string of the molecule is C/C([O-])=C/C(C)(C)C. The first-order chi connectivity index (χ1) is 3.42. The van der Waals surface area contributed by atoms with Gasteiger partial charge in [0.25, 0.3) is 0 Å². The van der Waals surface area contributed by atoms with Crippen molar-refractivity contribution < 1.29 is 5.11 Å². The third-order valence-corrected chi connectivity index (χ3v) is 0.636. The molecule has 1 nitrogen and oxygen atoms in total. The van der Waals surface area contributed by atoms with Gasteiger partial charge in [0, 0.05) is 0 Å². The molecule has 0 spiro atoms. The lowest BCUT2D eigenvalue weighted by Gasteiger charge is -2.16. The van der Waals surface area contributed by atoms with Gasteiger partial charge in [0.1, 0.15) is 0 Å². The standard InChI is InChI=1S/C7H14O/c1-6(8)5-7(2,3)4/h5,8H,1-4H3/p-1/b6-5-. The maximum atomic E-state index is 10.4. The molecule has 0 aliphatic rings. The van der Waals surface area contributed by atoms with E-state index in [0.29, 0.717) is 0 Å². The monoisotopic (exact) mass is 113 g/mol. The number of rotatable bonds is 0. The van der Waals surface area contributed by atoms with Crippen molar-refractivity contribution in [2.24, 2.45) is 5.41 Å². The van der Waals surface area contributed by atoms with E-state index in [0.717, 1.165) is 0 Å². The highest BCUT2D eigenvalue weighted by Gasteiger charge is 2.01. The van der Waals surface area contributed by atoms with Crippen LogP contribution in [-0.2, 0) is 0 Å². The van der Waals surface area contributed by atoms with Crippen LogP contribution >= 0.6 is 0 Å². The summed E-state index contributed by atoms with van der Waals surface area (Å²) in [5.41, 5.74) is 0.0475. The van der Waals surface area contributed by atoms with Crippen LogP contribution < -0.4 is 5.11 Å². The summed E-state index contributed by atoms with van der Waals surface area (Å²) < 4.78 is 0. The first-order valence-corrected chi connectivity index (χ1v) is 2.78. The Hall–Kier alpha value is -0.460. The van der Waals surface area contributed by atoms with Crippen molar-refractivity contribution in [3.63, 3.8) is 0 Å². The maximum absolute atomic E-state index is 10.4. The fourth-order valence-electron chi connectivity index (χ4n) is 0.610. The first-order valence-electron chi connectivity index (χ1n) is 2.78. The van der Waals surface area contributed by atoms with E-state index in [9.17, 15) is 5.11 Å². The van der Waals surface area contributed by atoms with Crippen LogP contribution in [0.2, 0.25) is 0 Å². The van der Waals surface area contributed by atoms with Gasteiger partial charge in [0.2, 0.25) is 0 Å². The summed E-state index contributed by atoms with van der Waals surface area (Å²) in [5, 5.41) is 10.4. The Morgan fingerprint density at radius 1 is 1.38 bits per heavy atom. The Morgan fingerprint density at radius 2 is 1.75 bits per heavy atom. The van der Waals surface area contributed by atoms with E-state index in [4.69, 9.17) is 0 Å². The van der Waals surface area contributed by atoms with E-state index in [2.05, 4.69) is 0 Å². The molecule has 0 aromatic rings. The van der Waals surface area contributed by atoms with Crippen molar-refractivity contribution in [2.45, 2.75) is 27.7 Å². The van der Waals surface area contributed by atoms with Crippen LogP contribution in [0.15, 0.2) is 11.8 Å². The fourth-order valence-corrected chi connectivity index (χ4v) is 0.610. The molecule has 0 aliphatic heterocycles. The van der Waals surface area contributed by atoms with Crippen LogP contribution in [0.5, 0.6) is 0 Å². The van der Waals surface area contributed by atoms with E-state index in [1.54, 1.807) is 13.0 Å². The summed E-state index contributed by atoms with van der Waals surface area (Å²) >= 11 is 0. The normalized spacial score (nSPS) is 14.2. The van der Waals surface area contributed by atoms with Crippen LogP contribution in [-0.4, -0.2) is 0 Å². The lowest BCUT2D eigenvalue weighted by molar-refractivity contribution is -0.302. The van der Waals surface area contributed by atoms with Gasteiger partial charge in [0.05, 0.1) is 0 Å². The van der Waals surface area contributed by atoms with Gasteiger partial charge in [-0.1, -0.05) is 33.8 Å². The minimum atomic E-state index is 0.0475.